The summed E-state index contributed by atoms with van der Waals surface area (Å²) in [6.07, 6.45) is 0. The zero-order valence-corrected chi connectivity index (χ0v) is 18.4. The van der Waals surface area contributed by atoms with Crippen LogP contribution in [0, 0.1) is 5.41 Å². The van der Waals surface area contributed by atoms with Crippen molar-refractivity contribution in [2.24, 2.45) is 5.41 Å². The maximum absolute atomic E-state index is 13.4. The second kappa shape index (κ2) is 10.4. The van der Waals surface area contributed by atoms with Crippen LogP contribution in [0.1, 0.15) is 20.8 Å². The molecule has 160 valence electrons. The number of benzene rings is 2. The van der Waals surface area contributed by atoms with Gasteiger partial charge in [0.1, 0.15) is 11.5 Å². The standard InChI is InChI=1S/C19H26O8P2/c1-19(2,3)16-24-28(21,23-15-14-20)27-29(22,25-17-10-6-4-7-11-17)26-18-12-8-5-9-13-18/h4-13,20H,14-16H2,1-3H3. The minimum Gasteiger partial charge on any atom is -0.395 e. The Hall–Kier alpha value is -1.66. The van der Waals surface area contributed by atoms with E-state index in [1.54, 1.807) is 60.7 Å². The van der Waals surface area contributed by atoms with Gasteiger partial charge in [-0.05, 0) is 29.7 Å². The molecule has 1 atom stereocenters. The molecule has 1 unspecified atom stereocenters. The highest BCUT2D eigenvalue weighted by molar-refractivity contribution is 7.62. The average molecular weight is 444 g/mol. The van der Waals surface area contributed by atoms with E-state index in [9.17, 15) is 9.13 Å². The van der Waals surface area contributed by atoms with Gasteiger partial charge in [-0.25, -0.2) is 9.13 Å². The quantitative estimate of drug-likeness (QED) is 0.457. The lowest BCUT2D eigenvalue weighted by molar-refractivity contribution is 0.0948. The number of aliphatic hydroxyl groups excluding tert-OH is 1. The molecule has 0 fully saturated rings. The van der Waals surface area contributed by atoms with Crippen LogP contribution in [-0.2, 0) is 22.5 Å². The molecule has 0 heterocycles. The van der Waals surface area contributed by atoms with Crippen molar-refractivity contribution in [2.75, 3.05) is 19.8 Å². The summed E-state index contributed by atoms with van der Waals surface area (Å²) in [6, 6.07) is 16.3. The Morgan fingerprint density at radius 3 is 1.69 bits per heavy atom. The predicted octanol–water partition coefficient (Wildman–Crippen LogP) is 5.45. The van der Waals surface area contributed by atoms with Gasteiger partial charge < -0.3 is 14.2 Å². The monoisotopic (exact) mass is 444 g/mol. The van der Waals surface area contributed by atoms with Crippen molar-refractivity contribution in [3.05, 3.63) is 60.7 Å². The third-order valence-electron chi connectivity index (χ3n) is 3.12. The van der Waals surface area contributed by atoms with Crippen LogP contribution in [0.25, 0.3) is 0 Å². The zero-order chi connectivity index (χ0) is 21.4. The second-order valence-corrected chi connectivity index (χ2v) is 10.5. The van der Waals surface area contributed by atoms with Crippen molar-refractivity contribution in [1.29, 1.82) is 0 Å². The summed E-state index contributed by atoms with van der Waals surface area (Å²) in [5.74, 6) is 0.354. The fraction of sp³-hybridized carbons (Fsp3) is 0.368. The molecule has 0 aliphatic carbocycles. The van der Waals surface area contributed by atoms with E-state index in [4.69, 9.17) is 27.5 Å². The van der Waals surface area contributed by atoms with Crippen molar-refractivity contribution in [1.82, 2.24) is 0 Å². The van der Waals surface area contributed by atoms with E-state index in [1.807, 2.05) is 20.8 Å². The molecule has 2 rings (SSSR count). The largest absolute Gasteiger partial charge is 0.596 e. The van der Waals surface area contributed by atoms with Gasteiger partial charge in [0.05, 0.1) is 19.8 Å². The van der Waals surface area contributed by atoms with Crippen LogP contribution in [0.3, 0.4) is 0 Å². The fourth-order valence-corrected chi connectivity index (χ4v) is 5.25. The second-order valence-electron chi connectivity index (χ2n) is 7.18. The minimum absolute atomic E-state index is 0.0214. The number of rotatable bonds is 11. The maximum atomic E-state index is 13.4. The molecule has 2 aromatic carbocycles. The molecule has 0 bridgehead atoms. The Labute approximate surface area is 171 Å². The smallest absolute Gasteiger partial charge is 0.395 e. The van der Waals surface area contributed by atoms with E-state index >= 15 is 0 Å². The van der Waals surface area contributed by atoms with Gasteiger partial charge in [-0.3, -0.25) is 9.05 Å². The van der Waals surface area contributed by atoms with Gasteiger partial charge >= 0.3 is 15.6 Å². The van der Waals surface area contributed by atoms with Crippen LogP contribution < -0.4 is 9.05 Å². The summed E-state index contributed by atoms with van der Waals surface area (Å²) in [4.78, 5) is 0. The Kier molecular flexibility index (Phi) is 8.46. The summed E-state index contributed by atoms with van der Waals surface area (Å²) < 4.78 is 53.0. The van der Waals surface area contributed by atoms with Crippen LogP contribution >= 0.6 is 15.6 Å². The Bertz CT molecular complexity index is 791. The van der Waals surface area contributed by atoms with Gasteiger partial charge in [-0.15, -0.1) is 0 Å². The number of aliphatic hydroxyl groups is 1. The average Bonchev–Trinajstić information content (AvgIpc) is 2.66. The molecule has 10 heteroatoms. The molecule has 0 radical (unpaired) electrons. The van der Waals surface area contributed by atoms with Crippen LogP contribution in [-0.4, -0.2) is 24.9 Å². The van der Waals surface area contributed by atoms with E-state index in [1.165, 1.54) is 0 Å². The fourth-order valence-electron chi connectivity index (χ4n) is 1.91. The number of phosphoric acid groups is 2. The van der Waals surface area contributed by atoms with Gasteiger partial charge in [0.25, 0.3) is 0 Å². The first-order chi connectivity index (χ1) is 13.6. The predicted molar refractivity (Wildman–Crippen MR) is 109 cm³/mol. The number of phosphoric ester groups is 2. The summed E-state index contributed by atoms with van der Waals surface area (Å²) in [7, 11) is -8.90. The van der Waals surface area contributed by atoms with E-state index in [0.29, 0.717) is 0 Å². The molecule has 0 amide bonds. The lowest BCUT2D eigenvalue weighted by Crippen LogP contribution is -2.16. The third-order valence-corrected chi connectivity index (χ3v) is 6.53. The van der Waals surface area contributed by atoms with Crippen molar-refractivity contribution < 1.29 is 36.6 Å². The van der Waals surface area contributed by atoms with Crippen LogP contribution in [0.2, 0.25) is 0 Å². The van der Waals surface area contributed by atoms with Crippen molar-refractivity contribution in [2.45, 2.75) is 20.8 Å². The first-order valence-electron chi connectivity index (χ1n) is 8.94. The van der Waals surface area contributed by atoms with Crippen molar-refractivity contribution in [3.63, 3.8) is 0 Å². The van der Waals surface area contributed by atoms with Gasteiger partial charge in [-0.1, -0.05) is 57.2 Å². The number of para-hydroxylation sites is 2. The molecule has 1 N–H and O–H groups in total. The topological polar surface area (TPSA) is 101 Å². The third kappa shape index (κ3) is 8.70. The van der Waals surface area contributed by atoms with Crippen molar-refractivity contribution >= 4 is 15.6 Å². The molecular formula is C19H26O8P2. The zero-order valence-electron chi connectivity index (χ0n) is 16.6. The molecule has 0 saturated carbocycles. The normalized spacial score (nSPS) is 14.2. The summed E-state index contributed by atoms with van der Waals surface area (Å²) in [5, 5.41) is 9.04. The molecule has 0 saturated heterocycles. The van der Waals surface area contributed by atoms with Gasteiger partial charge in [0.2, 0.25) is 0 Å². The Balaban J connectivity index is 2.31. The minimum atomic E-state index is -4.50. The molecule has 29 heavy (non-hydrogen) atoms. The molecule has 8 nitrogen and oxygen atoms in total. The molecule has 2 aromatic rings. The lowest BCUT2D eigenvalue weighted by atomic mass is 9.99. The number of hydrogen-bond donors (Lipinski definition) is 1. The molecule has 0 aliphatic heterocycles. The Morgan fingerprint density at radius 2 is 1.28 bits per heavy atom. The summed E-state index contributed by atoms with van der Waals surface area (Å²) in [5.41, 5.74) is -0.383. The molecule has 0 aliphatic rings. The Morgan fingerprint density at radius 1 is 0.793 bits per heavy atom. The first-order valence-corrected chi connectivity index (χ1v) is 11.9. The van der Waals surface area contributed by atoms with Crippen LogP contribution in [0.5, 0.6) is 11.5 Å². The van der Waals surface area contributed by atoms with Gasteiger partial charge in [0, 0.05) is 0 Å². The summed E-state index contributed by atoms with van der Waals surface area (Å²) >= 11 is 0. The van der Waals surface area contributed by atoms with Crippen LogP contribution in [0.15, 0.2) is 60.7 Å². The van der Waals surface area contributed by atoms with E-state index in [0.717, 1.165) is 0 Å². The summed E-state index contributed by atoms with van der Waals surface area (Å²) in [6.45, 7) is 4.75. The van der Waals surface area contributed by atoms with Gasteiger partial charge in [0.15, 0.2) is 0 Å². The van der Waals surface area contributed by atoms with Crippen molar-refractivity contribution in [3.8, 4) is 11.5 Å². The lowest BCUT2D eigenvalue weighted by Gasteiger charge is -2.26. The van der Waals surface area contributed by atoms with E-state index < -0.39 is 22.3 Å². The highest BCUT2D eigenvalue weighted by atomic mass is 31.3. The highest BCUT2D eigenvalue weighted by Gasteiger charge is 2.44. The van der Waals surface area contributed by atoms with E-state index in [2.05, 4.69) is 0 Å². The SMILES string of the molecule is CC(C)(C)COP(=O)(OCCO)OP(=O)(Oc1ccccc1)Oc1ccccc1. The van der Waals surface area contributed by atoms with E-state index in [-0.39, 0.29) is 30.1 Å². The maximum Gasteiger partial charge on any atom is 0.596 e. The number of hydrogen-bond acceptors (Lipinski definition) is 8. The van der Waals surface area contributed by atoms with Gasteiger partial charge in [-0.2, -0.15) is 4.31 Å². The highest BCUT2D eigenvalue weighted by Crippen LogP contribution is 2.65. The molecular weight excluding hydrogens is 418 g/mol. The first kappa shape index (κ1) is 23.6. The molecule has 0 aromatic heterocycles. The van der Waals surface area contributed by atoms with Crippen LogP contribution in [0.4, 0.5) is 0 Å². The molecule has 0 spiro atoms.